The number of para-hydroxylation sites is 3. The summed E-state index contributed by atoms with van der Waals surface area (Å²) < 4.78 is 16.8. The fraction of sp³-hybridized carbons (Fsp3) is 0.206. The standard InChI is InChI=1S/C34H33N3O5/c1-23-12-16-25(17-13-23)32(38)27-8-4-5-9-28(27)35-30(33(39)40-3)22-24-14-18-26(19-15-24)41-21-20-37(2)34-36-29-10-6-7-11-31(29)42-34/h4-19,30,35H,20-22H2,1-3H3. The molecule has 0 fully saturated rings. The number of methoxy groups -OCH3 is 1. The number of carbonyl (C=O) groups excluding carboxylic acids is 2. The molecular weight excluding hydrogens is 530 g/mol. The summed E-state index contributed by atoms with van der Waals surface area (Å²) in [6.07, 6.45) is 0.362. The molecule has 0 spiro atoms. The molecule has 0 radical (unpaired) electrons. The third kappa shape index (κ3) is 6.78. The minimum absolute atomic E-state index is 0.120. The van der Waals surface area contributed by atoms with Crippen molar-refractivity contribution in [1.29, 1.82) is 0 Å². The number of aromatic nitrogens is 1. The van der Waals surface area contributed by atoms with Gasteiger partial charge in [0, 0.05) is 30.3 Å². The fourth-order valence-electron chi connectivity index (χ4n) is 4.57. The summed E-state index contributed by atoms with van der Waals surface area (Å²) in [4.78, 5) is 32.4. The lowest BCUT2D eigenvalue weighted by Gasteiger charge is -2.20. The number of aryl methyl sites for hydroxylation is 1. The third-order valence-corrected chi connectivity index (χ3v) is 6.97. The lowest BCUT2D eigenvalue weighted by atomic mass is 9.99. The molecule has 0 saturated heterocycles. The van der Waals surface area contributed by atoms with E-state index < -0.39 is 12.0 Å². The number of anilines is 2. The Bertz CT molecular complexity index is 1630. The van der Waals surface area contributed by atoms with Crippen LogP contribution in [0.3, 0.4) is 0 Å². The highest BCUT2D eigenvalue weighted by molar-refractivity contribution is 6.12. The van der Waals surface area contributed by atoms with Crippen molar-refractivity contribution in [3.8, 4) is 5.75 Å². The summed E-state index contributed by atoms with van der Waals surface area (Å²) in [6.45, 7) is 3.00. The number of likely N-dealkylation sites (N-methyl/N-ethyl adjacent to an activating group) is 1. The minimum atomic E-state index is -0.696. The number of hydrogen-bond donors (Lipinski definition) is 1. The van der Waals surface area contributed by atoms with Crippen molar-refractivity contribution in [1.82, 2.24) is 4.98 Å². The monoisotopic (exact) mass is 563 g/mol. The van der Waals surface area contributed by atoms with Gasteiger partial charge in [0.05, 0.1) is 13.7 Å². The summed E-state index contributed by atoms with van der Waals surface area (Å²) >= 11 is 0. The first kappa shape index (κ1) is 28.4. The quantitative estimate of drug-likeness (QED) is 0.144. The lowest BCUT2D eigenvalue weighted by Crippen LogP contribution is -2.33. The predicted octanol–water partition coefficient (Wildman–Crippen LogP) is 6.08. The van der Waals surface area contributed by atoms with E-state index in [9.17, 15) is 9.59 Å². The van der Waals surface area contributed by atoms with Gasteiger partial charge in [-0.2, -0.15) is 4.98 Å². The molecule has 4 aromatic carbocycles. The van der Waals surface area contributed by atoms with Gasteiger partial charge in [0.15, 0.2) is 11.4 Å². The molecule has 214 valence electrons. The Labute approximate surface area is 244 Å². The SMILES string of the molecule is COC(=O)C(Cc1ccc(OCCN(C)c2nc3ccccc3o2)cc1)Nc1ccccc1C(=O)c1ccc(C)cc1. The van der Waals surface area contributed by atoms with Gasteiger partial charge in [-0.05, 0) is 48.9 Å². The molecule has 8 heteroatoms. The molecule has 0 aliphatic rings. The van der Waals surface area contributed by atoms with Crippen LogP contribution in [0.1, 0.15) is 27.0 Å². The van der Waals surface area contributed by atoms with Gasteiger partial charge < -0.3 is 24.1 Å². The van der Waals surface area contributed by atoms with Crippen molar-refractivity contribution in [2.24, 2.45) is 0 Å². The van der Waals surface area contributed by atoms with Gasteiger partial charge in [-0.15, -0.1) is 0 Å². The summed E-state index contributed by atoms with van der Waals surface area (Å²) in [7, 11) is 3.26. The number of ether oxygens (including phenoxy) is 2. The maximum atomic E-state index is 13.3. The summed E-state index contributed by atoms with van der Waals surface area (Å²) in [5.41, 5.74) is 5.20. The molecule has 0 aliphatic carbocycles. The first-order chi connectivity index (χ1) is 20.4. The zero-order chi connectivity index (χ0) is 29.5. The van der Waals surface area contributed by atoms with Gasteiger partial charge >= 0.3 is 5.97 Å². The maximum Gasteiger partial charge on any atom is 0.328 e. The Morgan fingerprint density at radius 2 is 1.64 bits per heavy atom. The van der Waals surface area contributed by atoms with Crippen LogP contribution < -0.4 is 15.0 Å². The Balaban J connectivity index is 1.21. The molecule has 0 bridgehead atoms. The molecule has 1 aromatic heterocycles. The predicted molar refractivity (Wildman–Crippen MR) is 163 cm³/mol. The average molecular weight is 564 g/mol. The molecule has 8 nitrogen and oxygen atoms in total. The highest BCUT2D eigenvalue weighted by Gasteiger charge is 2.23. The second-order valence-corrected chi connectivity index (χ2v) is 10.0. The van der Waals surface area contributed by atoms with Crippen molar-refractivity contribution < 1.29 is 23.5 Å². The molecule has 5 aromatic rings. The second-order valence-electron chi connectivity index (χ2n) is 10.0. The van der Waals surface area contributed by atoms with Crippen molar-refractivity contribution >= 4 is 34.6 Å². The Hall–Kier alpha value is -5.11. The van der Waals surface area contributed by atoms with E-state index in [1.165, 1.54) is 7.11 Å². The molecule has 1 unspecified atom stereocenters. The van der Waals surface area contributed by atoms with E-state index in [0.29, 0.717) is 48.2 Å². The van der Waals surface area contributed by atoms with E-state index in [1.54, 1.807) is 12.1 Å². The fourth-order valence-corrected chi connectivity index (χ4v) is 4.57. The van der Waals surface area contributed by atoms with E-state index in [4.69, 9.17) is 13.9 Å². The topological polar surface area (TPSA) is 93.9 Å². The Kier molecular flexibility index (Phi) is 8.82. The number of benzene rings is 4. The largest absolute Gasteiger partial charge is 0.492 e. The van der Waals surface area contributed by atoms with Gasteiger partial charge in [0.2, 0.25) is 0 Å². The molecule has 1 atom stereocenters. The number of oxazole rings is 1. The van der Waals surface area contributed by atoms with Crippen LogP contribution in [-0.2, 0) is 16.0 Å². The molecule has 1 N–H and O–H groups in total. The van der Waals surface area contributed by atoms with Gasteiger partial charge in [-0.3, -0.25) is 4.79 Å². The number of ketones is 1. The molecule has 0 aliphatic heterocycles. The molecule has 1 heterocycles. The summed E-state index contributed by atoms with van der Waals surface area (Å²) in [6, 6.07) is 29.7. The Morgan fingerprint density at radius 3 is 2.38 bits per heavy atom. The number of nitrogens with one attached hydrogen (secondary N) is 1. The lowest BCUT2D eigenvalue weighted by molar-refractivity contribution is -0.141. The molecule has 5 rings (SSSR count). The first-order valence-corrected chi connectivity index (χ1v) is 13.7. The van der Waals surface area contributed by atoms with Gasteiger partial charge in [-0.1, -0.05) is 66.2 Å². The van der Waals surface area contributed by atoms with E-state index in [-0.39, 0.29) is 5.78 Å². The third-order valence-electron chi connectivity index (χ3n) is 6.97. The van der Waals surface area contributed by atoms with E-state index in [1.807, 2.05) is 104 Å². The normalized spacial score (nSPS) is 11.6. The van der Waals surface area contributed by atoms with Crippen LogP contribution in [0.25, 0.3) is 11.1 Å². The van der Waals surface area contributed by atoms with Gasteiger partial charge in [-0.25, -0.2) is 4.79 Å². The highest BCUT2D eigenvalue weighted by atomic mass is 16.5. The number of nitrogens with zero attached hydrogens (tertiary/aromatic N) is 2. The van der Waals surface area contributed by atoms with Crippen LogP contribution in [0, 0.1) is 6.92 Å². The van der Waals surface area contributed by atoms with Crippen molar-refractivity contribution in [3.63, 3.8) is 0 Å². The number of hydrogen-bond acceptors (Lipinski definition) is 8. The van der Waals surface area contributed by atoms with E-state index >= 15 is 0 Å². The molecule has 0 amide bonds. The van der Waals surface area contributed by atoms with Gasteiger partial charge in [0.1, 0.15) is 23.9 Å². The number of esters is 1. The van der Waals surface area contributed by atoms with Crippen LogP contribution in [-0.4, -0.2) is 50.1 Å². The summed E-state index contributed by atoms with van der Waals surface area (Å²) in [5.74, 6) is 0.168. The number of rotatable bonds is 12. The Morgan fingerprint density at radius 1 is 0.929 bits per heavy atom. The number of carbonyl (C=O) groups is 2. The van der Waals surface area contributed by atoms with Crippen LogP contribution in [0.4, 0.5) is 11.7 Å². The zero-order valence-electron chi connectivity index (χ0n) is 23.9. The molecule has 0 saturated carbocycles. The smallest absolute Gasteiger partial charge is 0.328 e. The van der Waals surface area contributed by atoms with Crippen molar-refractivity contribution in [2.75, 3.05) is 37.5 Å². The second kappa shape index (κ2) is 13.0. The van der Waals surface area contributed by atoms with Crippen LogP contribution >= 0.6 is 0 Å². The first-order valence-electron chi connectivity index (χ1n) is 13.7. The van der Waals surface area contributed by atoms with E-state index in [0.717, 1.165) is 22.2 Å². The highest BCUT2D eigenvalue weighted by Crippen LogP contribution is 2.23. The zero-order valence-corrected chi connectivity index (χ0v) is 23.9. The van der Waals surface area contributed by atoms with Gasteiger partial charge in [0.25, 0.3) is 6.01 Å². The minimum Gasteiger partial charge on any atom is -0.492 e. The van der Waals surface area contributed by atoms with Crippen LogP contribution in [0.5, 0.6) is 5.75 Å². The summed E-state index contributed by atoms with van der Waals surface area (Å²) in [5, 5.41) is 3.25. The van der Waals surface area contributed by atoms with Crippen LogP contribution in [0.15, 0.2) is 101 Å². The number of fused-ring (bicyclic) bond motifs is 1. The maximum absolute atomic E-state index is 13.3. The van der Waals surface area contributed by atoms with E-state index in [2.05, 4.69) is 10.3 Å². The molecule has 42 heavy (non-hydrogen) atoms. The van der Waals surface area contributed by atoms with Crippen molar-refractivity contribution in [2.45, 2.75) is 19.4 Å². The van der Waals surface area contributed by atoms with Crippen molar-refractivity contribution in [3.05, 3.63) is 119 Å². The molecular formula is C34H33N3O5. The van der Waals surface area contributed by atoms with Crippen LogP contribution in [0.2, 0.25) is 0 Å². The average Bonchev–Trinajstić information content (AvgIpc) is 3.46.